The summed E-state index contributed by atoms with van der Waals surface area (Å²) in [5.41, 5.74) is 0.437. The summed E-state index contributed by atoms with van der Waals surface area (Å²) >= 11 is 0. The second-order valence-corrected chi connectivity index (χ2v) is 6.23. The number of benzene rings is 1. The summed E-state index contributed by atoms with van der Waals surface area (Å²) in [4.78, 5) is 8.52. The van der Waals surface area contributed by atoms with Gasteiger partial charge in [0.1, 0.15) is 6.33 Å². The average molecular weight is 362 g/mol. The standard InChI is InChI=1S/C17H17F3N6/c18-17(19,20)14-4-2-1-3-13(14)11-24-7-9-25(10-8-24)15-16-23-22-12-26(16)6-5-21-15/h1-6,12H,7-11H2. The Hall–Kier alpha value is -2.68. The lowest BCUT2D eigenvalue weighted by Gasteiger charge is -2.35. The molecule has 1 aliphatic heterocycles. The first-order valence-corrected chi connectivity index (χ1v) is 8.29. The lowest BCUT2D eigenvalue weighted by atomic mass is 10.1. The van der Waals surface area contributed by atoms with E-state index in [4.69, 9.17) is 0 Å². The molecule has 1 aliphatic rings. The van der Waals surface area contributed by atoms with Crippen molar-refractivity contribution in [3.63, 3.8) is 0 Å². The molecule has 1 fully saturated rings. The van der Waals surface area contributed by atoms with Crippen LogP contribution in [0.25, 0.3) is 5.65 Å². The van der Waals surface area contributed by atoms with Crippen LogP contribution in [-0.2, 0) is 12.7 Å². The molecule has 3 heterocycles. The molecule has 4 rings (SSSR count). The molecule has 0 amide bonds. The SMILES string of the molecule is FC(F)(F)c1ccccc1CN1CCN(c2nccn3cnnc23)CC1. The molecule has 6 nitrogen and oxygen atoms in total. The van der Waals surface area contributed by atoms with Gasteiger partial charge in [0.2, 0.25) is 5.65 Å². The monoisotopic (exact) mass is 362 g/mol. The van der Waals surface area contributed by atoms with Gasteiger partial charge in [-0.25, -0.2) is 4.98 Å². The second-order valence-electron chi connectivity index (χ2n) is 6.23. The maximum absolute atomic E-state index is 13.2. The maximum Gasteiger partial charge on any atom is 0.416 e. The van der Waals surface area contributed by atoms with Crippen LogP contribution < -0.4 is 4.90 Å². The Labute approximate surface area is 147 Å². The first-order chi connectivity index (χ1) is 12.5. The second kappa shape index (κ2) is 6.56. The van der Waals surface area contributed by atoms with Crippen molar-refractivity contribution >= 4 is 11.5 Å². The minimum Gasteiger partial charge on any atom is -0.351 e. The molecule has 0 spiro atoms. The highest BCUT2D eigenvalue weighted by atomic mass is 19.4. The Morgan fingerprint density at radius 1 is 1.04 bits per heavy atom. The Morgan fingerprint density at radius 3 is 2.58 bits per heavy atom. The zero-order chi connectivity index (χ0) is 18.1. The van der Waals surface area contributed by atoms with Crippen molar-refractivity contribution < 1.29 is 13.2 Å². The molecule has 9 heteroatoms. The fraction of sp³-hybridized carbons (Fsp3) is 0.353. The molecule has 0 radical (unpaired) electrons. The van der Waals surface area contributed by atoms with Gasteiger partial charge in [0.05, 0.1) is 5.56 Å². The Balaban J connectivity index is 1.46. The van der Waals surface area contributed by atoms with Gasteiger partial charge in [0, 0.05) is 45.1 Å². The van der Waals surface area contributed by atoms with Gasteiger partial charge in [-0.15, -0.1) is 10.2 Å². The van der Waals surface area contributed by atoms with E-state index in [2.05, 4.69) is 20.1 Å². The molecule has 0 aliphatic carbocycles. The summed E-state index contributed by atoms with van der Waals surface area (Å²) in [6.07, 6.45) is 0.761. The van der Waals surface area contributed by atoms with Crippen LogP contribution in [0.15, 0.2) is 43.0 Å². The van der Waals surface area contributed by atoms with E-state index < -0.39 is 11.7 Å². The molecule has 1 aromatic carbocycles. The molecule has 3 aromatic rings. The first-order valence-electron chi connectivity index (χ1n) is 8.29. The zero-order valence-corrected chi connectivity index (χ0v) is 13.9. The van der Waals surface area contributed by atoms with Gasteiger partial charge in [-0.05, 0) is 11.6 Å². The quantitative estimate of drug-likeness (QED) is 0.716. The summed E-state index contributed by atoms with van der Waals surface area (Å²) in [5.74, 6) is 0.750. The van der Waals surface area contributed by atoms with Gasteiger partial charge in [-0.3, -0.25) is 9.30 Å². The van der Waals surface area contributed by atoms with Crippen LogP contribution in [0.4, 0.5) is 19.0 Å². The van der Waals surface area contributed by atoms with E-state index in [1.54, 1.807) is 35.3 Å². The molecule has 1 saturated heterocycles. The first kappa shape index (κ1) is 16.8. The molecule has 2 aromatic heterocycles. The normalized spacial score (nSPS) is 16.3. The highest BCUT2D eigenvalue weighted by Gasteiger charge is 2.33. The van der Waals surface area contributed by atoms with Crippen molar-refractivity contribution in [2.24, 2.45) is 0 Å². The smallest absolute Gasteiger partial charge is 0.351 e. The number of anilines is 1. The van der Waals surface area contributed by atoms with Gasteiger partial charge in [0.15, 0.2) is 5.82 Å². The van der Waals surface area contributed by atoms with E-state index in [9.17, 15) is 13.2 Å². The van der Waals surface area contributed by atoms with Gasteiger partial charge < -0.3 is 4.90 Å². The average Bonchev–Trinajstić information content (AvgIpc) is 3.11. The minimum atomic E-state index is -4.33. The van der Waals surface area contributed by atoms with E-state index >= 15 is 0 Å². The largest absolute Gasteiger partial charge is 0.416 e. The van der Waals surface area contributed by atoms with Crippen LogP contribution in [-0.4, -0.2) is 50.7 Å². The Kier molecular flexibility index (Phi) is 4.23. The van der Waals surface area contributed by atoms with Crippen LogP contribution in [0.5, 0.6) is 0 Å². The van der Waals surface area contributed by atoms with Crippen molar-refractivity contribution in [2.45, 2.75) is 12.7 Å². The zero-order valence-electron chi connectivity index (χ0n) is 13.9. The van der Waals surface area contributed by atoms with Crippen molar-refractivity contribution in [3.05, 3.63) is 54.1 Å². The predicted octanol–water partition coefficient (Wildman–Crippen LogP) is 2.47. The number of alkyl halides is 3. The number of halogens is 3. The third kappa shape index (κ3) is 3.22. The van der Waals surface area contributed by atoms with E-state index in [-0.39, 0.29) is 6.54 Å². The van der Waals surface area contributed by atoms with Crippen molar-refractivity contribution in [1.82, 2.24) is 24.5 Å². The molecule has 0 atom stereocenters. The van der Waals surface area contributed by atoms with Crippen LogP contribution in [0, 0.1) is 0 Å². The third-order valence-electron chi connectivity index (χ3n) is 4.59. The van der Waals surface area contributed by atoms with Crippen LogP contribution in [0.1, 0.15) is 11.1 Å². The Morgan fingerprint density at radius 2 is 1.81 bits per heavy atom. The molecule has 136 valence electrons. The number of hydrogen-bond donors (Lipinski definition) is 0. The fourth-order valence-corrected chi connectivity index (χ4v) is 3.26. The van der Waals surface area contributed by atoms with Gasteiger partial charge >= 0.3 is 6.18 Å². The topological polar surface area (TPSA) is 49.6 Å². The van der Waals surface area contributed by atoms with E-state index in [0.29, 0.717) is 37.4 Å². The molecule has 0 N–H and O–H groups in total. The molecule has 0 unspecified atom stereocenters. The Bertz CT molecular complexity index is 899. The number of fused-ring (bicyclic) bond motifs is 1. The molecular formula is C17H17F3N6. The highest BCUT2D eigenvalue weighted by molar-refractivity contribution is 5.63. The molecule has 26 heavy (non-hydrogen) atoms. The van der Waals surface area contributed by atoms with E-state index in [0.717, 1.165) is 11.9 Å². The van der Waals surface area contributed by atoms with Gasteiger partial charge in [-0.1, -0.05) is 18.2 Å². The van der Waals surface area contributed by atoms with Crippen LogP contribution >= 0.6 is 0 Å². The van der Waals surface area contributed by atoms with E-state index in [1.165, 1.54) is 6.07 Å². The summed E-state index contributed by atoms with van der Waals surface area (Å²) in [5, 5.41) is 7.98. The summed E-state index contributed by atoms with van der Waals surface area (Å²) in [6, 6.07) is 5.76. The number of piperazine rings is 1. The fourth-order valence-electron chi connectivity index (χ4n) is 3.26. The maximum atomic E-state index is 13.2. The highest BCUT2D eigenvalue weighted by Crippen LogP contribution is 2.32. The summed E-state index contributed by atoms with van der Waals surface area (Å²) < 4.78 is 41.3. The minimum absolute atomic E-state index is 0.284. The van der Waals surface area contributed by atoms with Crippen LogP contribution in [0.3, 0.4) is 0 Å². The predicted molar refractivity (Wildman–Crippen MR) is 89.7 cm³/mol. The van der Waals surface area contributed by atoms with Crippen molar-refractivity contribution in [2.75, 3.05) is 31.1 Å². The van der Waals surface area contributed by atoms with Crippen LogP contribution in [0.2, 0.25) is 0 Å². The molecule has 0 bridgehead atoms. The number of nitrogens with zero attached hydrogens (tertiary/aromatic N) is 6. The third-order valence-corrected chi connectivity index (χ3v) is 4.59. The van der Waals surface area contributed by atoms with Crippen molar-refractivity contribution in [3.8, 4) is 0 Å². The van der Waals surface area contributed by atoms with Gasteiger partial charge in [-0.2, -0.15) is 13.2 Å². The van der Waals surface area contributed by atoms with Gasteiger partial charge in [0.25, 0.3) is 0 Å². The van der Waals surface area contributed by atoms with E-state index in [1.807, 2.05) is 4.90 Å². The molecular weight excluding hydrogens is 345 g/mol. The lowest BCUT2D eigenvalue weighted by molar-refractivity contribution is -0.138. The molecule has 0 saturated carbocycles. The lowest BCUT2D eigenvalue weighted by Crippen LogP contribution is -2.46. The number of aromatic nitrogens is 4. The number of rotatable bonds is 3. The number of hydrogen-bond acceptors (Lipinski definition) is 5. The summed E-state index contributed by atoms with van der Waals surface area (Å²) in [7, 11) is 0. The van der Waals surface area contributed by atoms with Crippen molar-refractivity contribution in [1.29, 1.82) is 0 Å². The summed E-state index contributed by atoms with van der Waals surface area (Å²) in [6.45, 7) is 2.94.